The third-order valence-corrected chi connectivity index (χ3v) is 2.82. The summed E-state index contributed by atoms with van der Waals surface area (Å²) in [5.74, 6) is 0.678. The van der Waals surface area contributed by atoms with Gasteiger partial charge in [-0.2, -0.15) is 0 Å². The van der Waals surface area contributed by atoms with Gasteiger partial charge in [-0.15, -0.1) is 0 Å². The van der Waals surface area contributed by atoms with E-state index >= 15 is 0 Å². The number of rotatable bonds is 6. The molecule has 0 fully saturated rings. The number of aldehydes is 1. The van der Waals surface area contributed by atoms with Gasteiger partial charge in [-0.3, -0.25) is 4.79 Å². The number of hydrogen-bond donors (Lipinski definition) is 0. The van der Waals surface area contributed by atoms with E-state index in [0.717, 1.165) is 17.4 Å². The summed E-state index contributed by atoms with van der Waals surface area (Å²) < 4.78 is 10.9. The fraction of sp³-hybridized carbons (Fsp3) is 0.188. The molecule has 2 aromatic rings. The fourth-order valence-corrected chi connectivity index (χ4v) is 1.81. The molecule has 0 bridgehead atoms. The van der Waals surface area contributed by atoms with Gasteiger partial charge in [-0.05, 0) is 11.6 Å². The standard InChI is InChI=1S/C16H16O3/c1-18-16-9-14(10-17)7-8-15(16)12-19-11-13-5-3-2-4-6-13/h2-10H,11-12H2,1H3. The molecule has 0 aliphatic rings. The molecule has 2 rings (SSSR count). The summed E-state index contributed by atoms with van der Waals surface area (Å²) in [6.07, 6.45) is 0.803. The summed E-state index contributed by atoms with van der Waals surface area (Å²) >= 11 is 0. The van der Waals surface area contributed by atoms with Gasteiger partial charge in [0, 0.05) is 11.1 Å². The first-order valence-electron chi connectivity index (χ1n) is 6.07. The van der Waals surface area contributed by atoms with Crippen LogP contribution in [0.4, 0.5) is 0 Å². The van der Waals surface area contributed by atoms with Crippen LogP contribution < -0.4 is 4.74 Å². The Morgan fingerprint density at radius 1 is 1.05 bits per heavy atom. The Morgan fingerprint density at radius 3 is 2.53 bits per heavy atom. The Labute approximate surface area is 112 Å². The zero-order chi connectivity index (χ0) is 13.5. The molecule has 0 unspecified atom stereocenters. The number of benzene rings is 2. The fourth-order valence-electron chi connectivity index (χ4n) is 1.81. The first-order chi connectivity index (χ1) is 9.33. The predicted molar refractivity (Wildman–Crippen MR) is 73.3 cm³/mol. The van der Waals surface area contributed by atoms with Crippen LogP contribution in [0.2, 0.25) is 0 Å². The summed E-state index contributed by atoms with van der Waals surface area (Å²) in [5, 5.41) is 0. The number of carbonyl (C=O) groups excluding carboxylic acids is 1. The third kappa shape index (κ3) is 3.66. The van der Waals surface area contributed by atoms with Crippen LogP contribution in [0.15, 0.2) is 48.5 Å². The van der Waals surface area contributed by atoms with Gasteiger partial charge in [-0.1, -0.05) is 42.5 Å². The number of hydrogen-bond acceptors (Lipinski definition) is 3. The number of ether oxygens (including phenoxy) is 2. The molecule has 0 saturated carbocycles. The van der Waals surface area contributed by atoms with Crippen molar-refractivity contribution in [2.45, 2.75) is 13.2 Å². The van der Waals surface area contributed by atoms with Crippen molar-refractivity contribution in [3.05, 3.63) is 65.2 Å². The highest BCUT2D eigenvalue weighted by Crippen LogP contribution is 2.20. The normalized spacial score (nSPS) is 10.2. The Kier molecular flexibility index (Phi) is 4.70. The minimum absolute atomic E-state index is 0.456. The summed E-state index contributed by atoms with van der Waals surface area (Å²) in [6, 6.07) is 15.3. The molecule has 0 radical (unpaired) electrons. The molecule has 3 heteroatoms. The molecule has 0 N–H and O–H groups in total. The van der Waals surface area contributed by atoms with Gasteiger partial charge >= 0.3 is 0 Å². The van der Waals surface area contributed by atoms with Crippen molar-refractivity contribution < 1.29 is 14.3 Å². The van der Waals surface area contributed by atoms with Crippen LogP contribution in [-0.2, 0) is 18.0 Å². The lowest BCUT2D eigenvalue weighted by atomic mass is 10.1. The molecule has 3 nitrogen and oxygen atoms in total. The molecule has 98 valence electrons. The van der Waals surface area contributed by atoms with Gasteiger partial charge in [0.1, 0.15) is 12.0 Å². The topological polar surface area (TPSA) is 35.5 Å². The summed E-state index contributed by atoms with van der Waals surface area (Å²) in [7, 11) is 1.59. The van der Waals surface area contributed by atoms with E-state index in [1.165, 1.54) is 0 Å². The van der Waals surface area contributed by atoms with E-state index in [1.807, 2.05) is 36.4 Å². The van der Waals surface area contributed by atoms with Crippen molar-refractivity contribution in [1.82, 2.24) is 0 Å². The molecule has 19 heavy (non-hydrogen) atoms. The van der Waals surface area contributed by atoms with Gasteiger partial charge < -0.3 is 9.47 Å². The highest BCUT2D eigenvalue weighted by atomic mass is 16.5. The second-order valence-electron chi connectivity index (χ2n) is 4.17. The molecule has 2 aromatic carbocycles. The lowest BCUT2D eigenvalue weighted by molar-refractivity contribution is 0.105. The van der Waals surface area contributed by atoms with Gasteiger partial charge in [0.05, 0.1) is 20.3 Å². The maximum Gasteiger partial charge on any atom is 0.150 e. The molecule has 0 aromatic heterocycles. The van der Waals surface area contributed by atoms with Gasteiger partial charge in [0.2, 0.25) is 0 Å². The maximum absolute atomic E-state index is 10.7. The van der Waals surface area contributed by atoms with Crippen LogP contribution in [0.3, 0.4) is 0 Å². The smallest absolute Gasteiger partial charge is 0.150 e. The maximum atomic E-state index is 10.7. The molecule has 0 aliphatic heterocycles. The van der Waals surface area contributed by atoms with Crippen molar-refractivity contribution in [2.75, 3.05) is 7.11 Å². The average Bonchev–Trinajstić information content (AvgIpc) is 2.48. The van der Waals surface area contributed by atoms with Crippen molar-refractivity contribution >= 4 is 6.29 Å². The molecule has 0 aliphatic carbocycles. The highest BCUT2D eigenvalue weighted by molar-refractivity contribution is 5.75. The minimum Gasteiger partial charge on any atom is -0.496 e. The van der Waals surface area contributed by atoms with E-state index in [-0.39, 0.29) is 0 Å². The van der Waals surface area contributed by atoms with Crippen molar-refractivity contribution in [3.8, 4) is 5.75 Å². The quantitative estimate of drug-likeness (QED) is 0.744. The van der Waals surface area contributed by atoms with Gasteiger partial charge in [-0.25, -0.2) is 0 Å². The zero-order valence-electron chi connectivity index (χ0n) is 10.8. The minimum atomic E-state index is 0.456. The molecule has 0 amide bonds. The van der Waals surface area contributed by atoms with Crippen LogP contribution >= 0.6 is 0 Å². The van der Waals surface area contributed by atoms with E-state index in [1.54, 1.807) is 19.2 Å². The molecular weight excluding hydrogens is 240 g/mol. The Bertz CT molecular complexity index is 535. The highest BCUT2D eigenvalue weighted by Gasteiger charge is 2.04. The van der Waals surface area contributed by atoms with Crippen LogP contribution in [0.25, 0.3) is 0 Å². The monoisotopic (exact) mass is 256 g/mol. The van der Waals surface area contributed by atoms with Gasteiger partial charge in [0.25, 0.3) is 0 Å². The zero-order valence-corrected chi connectivity index (χ0v) is 10.8. The van der Waals surface area contributed by atoms with E-state index in [4.69, 9.17) is 9.47 Å². The number of carbonyl (C=O) groups is 1. The van der Waals surface area contributed by atoms with E-state index < -0.39 is 0 Å². The van der Waals surface area contributed by atoms with Gasteiger partial charge in [0.15, 0.2) is 0 Å². The predicted octanol–water partition coefficient (Wildman–Crippen LogP) is 3.22. The van der Waals surface area contributed by atoms with Crippen LogP contribution in [-0.4, -0.2) is 13.4 Å². The van der Waals surface area contributed by atoms with Crippen LogP contribution in [0, 0.1) is 0 Å². The second-order valence-corrected chi connectivity index (χ2v) is 4.17. The largest absolute Gasteiger partial charge is 0.496 e. The molecular formula is C16H16O3. The average molecular weight is 256 g/mol. The molecule has 0 saturated heterocycles. The first-order valence-corrected chi connectivity index (χ1v) is 6.07. The lowest BCUT2D eigenvalue weighted by Gasteiger charge is -2.10. The molecule has 0 atom stereocenters. The Hall–Kier alpha value is -2.13. The summed E-state index contributed by atoms with van der Waals surface area (Å²) in [4.78, 5) is 10.7. The Balaban J connectivity index is 1.97. The second kappa shape index (κ2) is 6.71. The van der Waals surface area contributed by atoms with E-state index in [9.17, 15) is 4.79 Å². The first kappa shape index (κ1) is 13.3. The van der Waals surface area contributed by atoms with E-state index in [0.29, 0.717) is 24.5 Å². The Morgan fingerprint density at radius 2 is 1.84 bits per heavy atom. The SMILES string of the molecule is COc1cc(C=O)ccc1COCc1ccccc1. The third-order valence-electron chi connectivity index (χ3n) is 2.82. The van der Waals surface area contributed by atoms with Crippen LogP contribution in [0.1, 0.15) is 21.5 Å². The summed E-state index contributed by atoms with van der Waals surface area (Å²) in [6.45, 7) is 1.01. The van der Waals surface area contributed by atoms with E-state index in [2.05, 4.69) is 0 Å². The summed E-state index contributed by atoms with van der Waals surface area (Å²) in [5.41, 5.74) is 2.67. The van der Waals surface area contributed by atoms with Crippen molar-refractivity contribution in [3.63, 3.8) is 0 Å². The van der Waals surface area contributed by atoms with Crippen molar-refractivity contribution in [1.29, 1.82) is 0 Å². The molecule has 0 heterocycles. The lowest BCUT2D eigenvalue weighted by Crippen LogP contribution is -1.98. The molecule has 0 spiro atoms. The van der Waals surface area contributed by atoms with Crippen LogP contribution in [0.5, 0.6) is 5.75 Å². The number of methoxy groups -OCH3 is 1. The van der Waals surface area contributed by atoms with Crippen molar-refractivity contribution in [2.24, 2.45) is 0 Å².